The maximum absolute atomic E-state index is 12.0. The molecule has 0 atom stereocenters. The molecule has 0 unspecified atom stereocenters. The van der Waals surface area contributed by atoms with E-state index in [9.17, 15) is 13.2 Å². The van der Waals surface area contributed by atoms with Crippen molar-refractivity contribution in [3.05, 3.63) is 24.3 Å². The number of benzene rings is 1. The minimum atomic E-state index is -4.12. The van der Waals surface area contributed by atoms with Crippen molar-refractivity contribution in [2.75, 3.05) is 7.11 Å². The molecule has 0 aliphatic rings. The first-order chi connectivity index (χ1) is 6.03. The van der Waals surface area contributed by atoms with Gasteiger partial charge in [0, 0.05) is 0 Å². The zero-order valence-electron chi connectivity index (χ0n) is 6.76. The summed E-state index contributed by atoms with van der Waals surface area (Å²) in [5, 5.41) is -4.12. The second-order valence-corrected chi connectivity index (χ2v) is 4.52. The van der Waals surface area contributed by atoms with E-state index in [0.717, 1.165) is 0 Å². The second-order valence-electron chi connectivity index (χ2n) is 2.20. The Morgan fingerprint density at radius 3 is 2.38 bits per heavy atom. The van der Waals surface area contributed by atoms with Crippen LogP contribution in [0.1, 0.15) is 0 Å². The third kappa shape index (κ3) is 3.28. The summed E-state index contributed by atoms with van der Waals surface area (Å²) in [6.45, 7) is 0. The van der Waals surface area contributed by atoms with E-state index in [-0.39, 0.29) is 4.46 Å². The fraction of sp³-hybridized carbons (Fsp3) is 0.250. The van der Waals surface area contributed by atoms with Crippen LogP contribution in [0, 0.1) is 0 Å². The van der Waals surface area contributed by atoms with Crippen LogP contribution in [0.5, 0.6) is 5.75 Å². The molecule has 0 amide bonds. The standard InChI is InChI=1S/C8H7F3OSe/c1-12-6-4-2-3-5-7(6)13-8(9,10)11/h2-5H,1H3. The van der Waals surface area contributed by atoms with E-state index in [1.165, 1.54) is 19.2 Å². The summed E-state index contributed by atoms with van der Waals surface area (Å²) < 4.78 is 41.1. The van der Waals surface area contributed by atoms with Gasteiger partial charge in [0.25, 0.3) is 0 Å². The zero-order chi connectivity index (χ0) is 9.90. The molecule has 1 aromatic carbocycles. The van der Waals surface area contributed by atoms with Gasteiger partial charge in [-0.1, -0.05) is 0 Å². The number of para-hydroxylation sites is 1. The first kappa shape index (κ1) is 10.4. The van der Waals surface area contributed by atoms with Gasteiger partial charge in [0.2, 0.25) is 0 Å². The zero-order valence-corrected chi connectivity index (χ0v) is 8.47. The van der Waals surface area contributed by atoms with E-state index in [0.29, 0.717) is 5.75 Å². The van der Waals surface area contributed by atoms with Crippen molar-refractivity contribution in [1.29, 1.82) is 0 Å². The molecule has 0 saturated heterocycles. The van der Waals surface area contributed by atoms with Crippen molar-refractivity contribution in [2.24, 2.45) is 0 Å². The molecule has 0 fully saturated rings. The van der Waals surface area contributed by atoms with Gasteiger partial charge in [-0.15, -0.1) is 0 Å². The molecule has 72 valence electrons. The number of ether oxygens (including phenoxy) is 1. The van der Waals surface area contributed by atoms with Crippen LogP contribution in [-0.4, -0.2) is 27.1 Å². The minimum absolute atomic E-state index is 0.227. The van der Waals surface area contributed by atoms with Crippen LogP contribution in [0.4, 0.5) is 13.2 Å². The molecule has 1 aromatic rings. The fourth-order valence-electron chi connectivity index (χ4n) is 0.828. The van der Waals surface area contributed by atoms with Gasteiger partial charge in [-0.3, -0.25) is 0 Å². The Labute approximate surface area is 80.1 Å². The summed E-state index contributed by atoms with van der Waals surface area (Å²) in [4.78, 5) is 0. The average molecular weight is 255 g/mol. The molecule has 1 rings (SSSR count). The van der Waals surface area contributed by atoms with E-state index in [4.69, 9.17) is 4.74 Å². The summed E-state index contributed by atoms with van der Waals surface area (Å²) >= 11 is -1.53. The monoisotopic (exact) mass is 256 g/mol. The van der Waals surface area contributed by atoms with Gasteiger partial charge in [-0.05, 0) is 0 Å². The third-order valence-electron chi connectivity index (χ3n) is 1.29. The Hall–Kier alpha value is -0.671. The topological polar surface area (TPSA) is 9.23 Å². The first-order valence-corrected chi connectivity index (χ1v) is 5.13. The van der Waals surface area contributed by atoms with Crippen molar-refractivity contribution in [1.82, 2.24) is 0 Å². The summed E-state index contributed by atoms with van der Waals surface area (Å²) in [6.07, 6.45) is 0. The van der Waals surface area contributed by atoms with Crippen LogP contribution in [-0.2, 0) is 0 Å². The summed E-state index contributed by atoms with van der Waals surface area (Å²) in [7, 11) is 1.37. The Kier molecular flexibility index (Phi) is 3.22. The number of hydrogen-bond donors (Lipinski definition) is 0. The van der Waals surface area contributed by atoms with E-state index < -0.39 is 20.0 Å². The Balaban J connectivity index is 2.87. The van der Waals surface area contributed by atoms with Gasteiger partial charge in [-0.25, -0.2) is 0 Å². The van der Waals surface area contributed by atoms with Crippen LogP contribution in [0.25, 0.3) is 0 Å². The molecular formula is C8H7F3OSe. The first-order valence-electron chi connectivity index (χ1n) is 3.41. The van der Waals surface area contributed by atoms with Crippen LogP contribution in [0.15, 0.2) is 24.3 Å². The second kappa shape index (κ2) is 4.03. The molecule has 0 bridgehead atoms. The number of rotatable bonds is 2. The number of methoxy groups -OCH3 is 1. The Morgan fingerprint density at radius 2 is 1.85 bits per heavy atom. The van der Waals surface area contributed by atoms with Gasteiger partial charge in [0.1, 0.15) is 0 Å². The summed E-state index contributed by atoms with van der Waals surface area (Å²) in [5.74, 6) is 0.305. The van der Waals surface area contributed by atoms with Crippen LogP contribution in [0.3, 0.4) is 0 Å². The SMILES string of the molecule is COc1ccccc1[Se]C(F)(F)F. The van der Waals surface area contributed by atoms with E-state index in [1.807, 2.05) is 0 Å². The van der Waals surface area contributed by atoms with Gasteiger partial charge < -0.3 is 0 Å². The Morgan fingerprint density at radius 1 is 1.23 bits per heavy atom. The van der Waals surface area contributed by atoms with Gasteiger partial charge in [0.15, 0.2) is 0 Å². The fourth-order valence-corrected chi connectivity index (χ4v) is 2.19. The van der Waals surface area contributed by atoms with Crippen LogP contribution < -0.4 is 9.20 Å². The van der Waals surface area contributed by atoms with Crippen molar-refractivity contribution in [2.45, 2.75) is 5.07 Å². The predicted octanol–water partition coefficient (Wildman–Crippen LogP) is 1.54. The molecular weight excluding hydrogens is 248 g/mol. The molecule has 13 heavy (non-hydrogen) atoms. The third-order valence-corrected chi connectivity index (χ3v) is 2.95. The van der Waals surface area contributed by atoms with Crippen molar-refractivity contribution in [3.63, 3.8) is 0 Å². The predicted molar refractivity (Wildman–Crippen MR) is 44.4 cm³/mol. The molecule has 0 aliphatic heterocycles. The quantitative estimate of drug-likeness (QED) is 0.728. The number of hydrogen-bond acceptors (Lipinski definition) is 1. The molecule has 0 N–H and O–H groups in total. The van der Waals surface area contributed by atoms with Gasteiger partial charge in [0.05, 0.1) is 0 Å². The van der Waals surface area contributed by atoms with Crippen LogP contribution >= 0.6 is 0 Å². The average Bonchev–Trinajstić information content (AvgIpc) is 2.02. The summed E-state index contributed by atoms with van der Waals surface area (Å²) in [5.41, 5.74) is 0. The molecule has 1 nitrogen and oxygen atoms in total. The molecule has 0 radical (unpaired) electrons. The van der Waals surface area contributed by atoms with Gasteiger partial charge in [-0.2, -0.15) is 0 Å². The van der Waals surface area contributed by atoms with E-state index in [2.05, 4.69) is 0 Å². The molecule has 0 aliphatic carbocycles. The molecule has 5 heteroatoms. The molecule has 0 saturated carbocycles. The number of alkyl halides is 3. The molecule has 0 heterocycles. The van der Waals surface area contributed by atoms with E-state index >= 15 is 0 Å². The molecule has 0 aromatic heterocycles. The maximum atomic E-state index is 12.0. The normalized spacial score (nSPS) is 11.4. The Bertz CT molecular complexity index is 285. The molecule has 0 spiro atoms. The van der Waals surface area contributed by atoms with Gasteiger partial charge >= 0.3 is 79.5 Å². The van der Waals surface area contributed by atoms with Crippen molar-refractivity contribution >= 4 is 19.4 Å². The number of halogens is 3. The summed E-state index contributed by atoms with van der Waals surface area (Å²) in [6, 6.07) is 6.19. The van der Waals surface area contributed by atoms with E-state index in [1.54, 1.807) is 12.1 Å². The van der Waals surface area contributed by atoms with Crippen molar-refractivity contribution in [3.8, 4) is 5.75 Å². The van der Waals surface area contributed by atoms with Crippen LogP contribution in [0.2, 0.25) is 0 Å². The van der Waals surface area contributed by atoms with Crippen molar-refractivity contribution < 1.29 is 17.9 Å².